The molecule has 0 spiro atoms. The first-order valence-electron chi connectivity index (χ1n) is 5.18. The fraction of sp³-hybridized carbons (Fsp3) is 0.900. The average molecular weight is 181 g/mol. The van der Waals surface area contributed by atoms with Gasteiger partial charge in [-0.25, -0.2) is 0 Å². The lowest BCUT2D eigenvalue weighted by molar-refractivity contribution is 0.136. The largest absolute Gasteiger partial charge is 0.301 e. The van der Waals surface area contributed by atoms with Crippen LogP contribution < -0.4 is 0 Å². The molecule has 1 rings (SSSR count). The molecule has 0 unspecified atom stereocenters. The highest BCUT2D eigenvalue weighted by Gasteiger charge is 2.14. The van der Waals surface area contributed by atoms with Crippen molar-refractivity contribution in [2.45, 2.75) is 19.8 Å². The van der Waals surface area contributed by atoms with E-state index in [9.17, 15) is 0 Å². The number of hydrogen-bond donors (Lipinski definition) is 0. The van der Waals surface area contributed by atoms with Gasteiger partial charge in [-0.2, -0.15) is 5.26 Å². The minimum absolute atomic E-state index is 0.702. The zero-order valence-electron chi connectivity index (χ0n) is 8.50. The van der Waals surface area contributed by atoms with Crippen LogP contribution in [0.25, 0.3) is 0 Å². The maximum atomic E-state index is 8.40. The molecule has 0 atom stereocenters. The molecule has 3 heteroatoms. The molecule has 1 aliphatic heterocycles. The molecule has 1 saturated heterocycles. The Labute approximate surface area is 80.9 Å². The van der Waals surface area contributed by atoms with Crippen molar-refractivity contribution in [1.29, 1.82) is 5.26 Å². The summed E-state index contributed by atoms with van der Waals surface area (Å²) in [5.41, 5.74) is 0. The monoisotopic (exact) mass is 181 g/mol. The number of nitriles is 1. The Morgan fingerprint density at radius 2 is 1.77 bits per heavy atom. The maximum Gasteiger partial charge on any atom is 0.0622 e. The molecule has 0 amide bonds. The van der Waals surface area contributed by atoms with Crippen molar-refractivity contribution in [2.75, 3.05) is 39.3 Å². The number of hydrogen-bond acceptors (Lipinski definition) is 3. The van der Waals surface area contributed by atoms with Gasteiger partial charge in [0, 0.05) is 32.6 Å². The predicted molar refractivity (Wildman–Crippen MR) is 53.4 cm³/mol. The van der Waals surface area contributed by atoms with Crippen molar-refractivity contribution in [3.63, 3.8) is 0 Å². The summed E-state index contributed by atoms with van der Waals surface area (Å²) >= 11 is 0. The third-order valence-electron chi connectivity index (χ3n) is 2.68. The van der Waals surface area contributed by atoms with E-state index in [0.29, 0.717) is 6.42 Å². The van der Waals surface area contributed by atoms with Crippen LogP contribution in [0.5, 0.6) is 0 Å². The summed E-state index contributed by atoms with van der Waals surface area (Å²) in [6, 6.07) is 2.19. The number of unbranched alkanes of at least 4 members (excludes halogenated alkanes) is 1. The van der Waals surface area contributed by atoms with E-state index in [0.717, 1.165) is 13.0 Å². The van der Waals surface area contributed by atoms with Crippen LogP contribution in [0, 0.1) is 11.3 Å². The Balaban J connectivity index is 2.07. The zero-order valence-corrected chi connectivity index (χ0v) is 8.50. The summed E-state index contributed by atoms with van der Waals surface area (Å²) in [5, 5.41) is 8.40. The first-order valence-corrected chi connectivity index (χ1v) is 5.18. The van der Waals surface area contributed by atoms with Crippen LogP contribution in [-0.4, -0.2) is 49.1 Å². The SMILES string of the molecule is CCN1CCN(CCCC#N)CC1. The number of rotatable bonds is 4. The van der Waals surface area contributed by atoms with Gasteiger partial charge in [0.05, 0.1) is 6.07 Å². The lowest BCUT2D eigenvalue weighted by Crippen LogP contribution is -2.46. The topological polar surface area (TPSA) is 30.3 Å². The molecule has 0 aliphatic carbocycles. The molecule has 0 aromatic rings. The molecule has 1 aliphatic rings. The van der Waals surface area contributed by atoms with E-state index < -0.39 is 0 Å². The summed E-state index contributed by atoms with van der Waals surface area (Å²) in [4.78, 5) is 4.93. The summed E-state index contributed by atoms with van der Waals surface area (Å²) in [6.07, 6.45) is 1.73. The lowest BCUT2D eigenvalue weighted by atomic mass is 10.2. The van der Waals surface area contributed by atoms with Gasteiger partial charge in [-0.05, 0) is 19.5 Å². The van der Waals surface area contributed by atoms with Gasteiger partial charge < -0.3 is 9.80 Å². The molecule has 0 N–H and O–H groups in total. The third kappa shape index (κ3) is 3.75. The fourth-order valence-corrected chi connectivity index (χ4v) is 1.71. The second-order valence-corrected chi connectivity index (χ2v) is 3.54. The first kappa shape index (κ1) is 10.5. The smallest absolute Gasteiger partial charge is 0.0622 e. The van der Waals surface area contributed by atoms with E-state index in [-0.39, 0.29) is 0 Å². The highest BCUT2D eigenvalue weighted by molar-refractivity contribution is 4.74. The van der Waals surface area contributed by atoms with Crippen molar-refractivity contribution in [3.05, 3.63) is 0 Å². The van der Waals surface area contributed by atoms with Crippen LogP contribution in [0.4, 0.5) is 0 Å². The van der Waals surface area contributed by atoms with E-state index >= 15 is 0 Å². The number of piperazine rings is 1. The quantitative estimate of drug-likeness (QED) is 0.604. The summed E-state index contributed by atoms with van der Waals surface area (Å²) < 4.78 is 0. The molecule has 0 radical (unpaired) electrons. The lowest BCUT2D eigenvalue weighted by Gasteiger charge is -2.33. The normalized spacial score (nSPS) is 20.0. The second-order valence-electron chi connectivity index (χ2n) is 3.54. The van der Waals surface area contributed by atoms with Crippen LogP contribution in [-0.2, 0) is 0 Å². The van der Waals surface area contributed by atoms with Gasteiger partial charge in [0.2, 0.25) is 0 Å². The standard InChI is InChI=1S/C10H19N3/c1-2-12-7-9-13(10-8-12)6-4-3-5-11/h2-4,6-10H2,1H3. The first-order chi connectivity index (χ1) is 6.36. The molecule has 1 fully saturated rings. The van der Waals surface area contributed by atoms with Gasteiger partial charge in [0.25, 0.3) is 0 Å². The zero-order chi connectivity index (χ0) is 9.52. The molecule has 0 aromatic carbocycles. The van der Waals surface area contributed by atoms with Crippen LogP contribution in [0.15, 0.2) is 0 Å². The molecule has 3 nitrogen and oxygen atoms in total. The molecule has 0 bridgehead atoms. The molecular formula is C10H19N3. The Kier molecular flexibility index (Phi) is 4.81. The Morgan fingerprint density at radius 1 is 1.15 bits per heavy atom. The van der Waals surface area contributed by atoms with Crippen LogP contribution in [0.1, 0.15) is 19.8 Å². The van der Waals surface area contributed by atoms with Crippen molar-refractivity contribution < 1.29 is 0 Å². The molecule has 0 saturated carbocycles. The van der Waals surface area contributed by atoms with Gasteiger partial charge in [-0.1, -0.05) is 6.92 Å². The summed E-state index contributed by atoms with van der Waals surface area (Å²) in [6.45, 7) is 9.24. The molecular weight excluding hydrogens is 162 g/mol. The Hall–Kier alpha value is -0.590. The molecule has 1 heterocycles. The van der Waals surface area contributed by atoms with E-state index in [1.54, 1.807) is 0 Å². The average Bonchev–Trinajstić information content (AvgIpc) is 2.19. The molecule has 0 aromatic heterocycles. The Morgan fingerprint density at radius 3 is 2.31 bits per heavy atom. The van der Waals surface area contributed by atoms with Crippen molar-refractivity contribution in [2.24, 2.45) is 0 Å². The summed E-state index contributed by atoms with van der Waals surface area (Å²) in [7, 11) is 0. The van der Waals surface area contributed by atoms with Crippen LogP contribution in [0.2, 0.25) is 0 Å². The highest BCUT2D eigenvalue weighted by Crippen LogP contribution is 2.02. The summed E-state index contributed by atoms with van der Waals surface area (Å²) in [5.74, 6) is 0. The maximum absolute atomic E-state index is 8.40. The fourth-order valence-electron chi connectivity index (χ4n) is 1.71. The van der Waals surface area contributed by atoms with Crippen molar-refractivity contribution in [3.8, 4) is 6.07 Å². The minimum atomic E-state index is 0.702. The van der Waals surface area contributed by atoms with E-state index in [1.807, 2.05) is 0 Å². The van der Waals surface area contributed by atoms with Gasteiger partial charge in [0.1, 0.15) is 0 Å². The molecule has 13 heavy (non-hydrogen) atoms. The highest BCUT2D eigenvalue weighted by atomic mass is 15.3. The second kappa shape index (κ2) is 5.95. The number of likely N-dealkylation sites (N-methyl/N-ethyl adjacent to an activating group) is 1. The van der Waals surface area contributed by atoms with Crippen molar-refractivity contribution >= 4 is 0 Å². The Bertz CT molecular complexity index is 165. The van der Waals surface area contributed by atoms with E-state index in [2.05, 4.69) is 22.8 Å². The third-order valence-corrected chi connectivity index (χ3v) is 2.68. The number of nitrogens with zero attached hydrogens (tertiary/aromatic N) is 3. The van der Waals surface area contributed by atoms with Gasteiger partial charge in [-0.3, -0.25) is 0 Å². The van der Waals surface area contributed by atoms with Crippen LogP contribution in [0.3, 0.4) is 0 Å². The van der Waals surface area contributed by atoms with Crippen molar-refractivity contribution in [1.82, 2.24) is 9.80 Å². The predicted octanol–water partition coefficient (Wildman–Crippen LogP) is 0.928. The van der Waals surface area contributed by atoms with Gasteiger partial charge in [0.15, 0.2) is 0 Å². The van der Waals surface area contributed by atoms with Crippen LogP contribution >= 0.6 is 0 Å². The molecule has 74 valence electrons. The van der Waals surface area contributed by atoms with E-state index in [4.69, 9.17) is 5.26 Å². The minimum Gasteiger partial charge on any atom is -0.301 e. The van der Waals surface area contributed by atoms with Gasteiger partial charge in [-0.15, -0.1) is 0 Å². The van der Waals surface area contributed by atoms with E-state index in [1.165, 1.54) is 32.7 Å². The van der Waals surface area contributed by atoms with Gasteiger partial charge >= 0.3 is 0 Å².